The SMILES string of the molecule is COc1cncc(C(O)c2c(Cl)cccc2OC)c1. The minimum absolute atomic E-state index is 0.440. The number of pyridine rings is 1. The van der Waals surface area contributed by atoms with E-state index in [0.29, 0.717) is 27.6 Å². The Hall–Kier alpha value is -1.78. The molecule has 0 saturated carbocycles. The van der Waals surface area contributed by atoms with Crippen LogP contribution in [0.15, 0.2) is 36.7 Å². The van der Waals surface area contributed by atoms with Crippen molar-refractivity contribution in [2.75, 3.05) is 14.2 Å². The first kappa shape index (κ1) is 13.6. The molecule has 0 fully saturated rings. The molecule has 1 atom stereocenters. The van der Waals surface area contributed by atoms with Crippen molar-refractivity contribution >= 4 is 11.6 Å². The van der Waals surface area contributed by atoms with E-state index < -0.39 is 6.10 Å². The van der Waals surface area contributed by atoms with E-state index in [9.17, 15) is 5.11 Å². The largest absolute Gasteiger partial charge is 0.496 e. The van der Waals surface area contributed by atoms with Crippen LogP contribution in [0.25, 0.3) is 0 Å². The summed E-state index contributed by atoms with van der Waals surface area (Å²) in [6.07, 6.45) is 2.21. The third-order valence-electron chi connectivity index (χ3n) is 2.79. The van der Waals surface area contributed by atoms with Crippen molar-refractivity contribution in [2.45, 2.75) is 6.10 Å². The quantitative estimate of drug-likeness (QED) is 0.935. The first-order chi connectivity index (χ1) is 9.17. The Labute approximate surface area is 116 Å². The summed E-state index contributed by atoms with van der Waals surface area (Å²) in [6, 6.07) is 6.93. The number of aromatic nitrogens is 1. The fourth-order valence-corrected chi connectivity index (χ4v) is 2.09. The maximum atomic E-state index is 10.4. The van der Waals surface area contributed by atoms with Gasteiger partial charge in [0.25, 0.3) is 0 Å². The molecule has 1 heterocycles. The average molecular weight is 280 g/mol. The highest BCUT2D eigenvalue weighted by atomic mass is 35.5. The van der Waals surface area contributed by atoms with E-state index in [1.807, 2.05) is 0 Å². The number of hydrogen-bond donors (Lipinski definition) is 1. The maximum Gasteiger partial charge on any atom is 0.137 e. The molecule has 2 aromatic rings. The summed E-state index contributed by atoms with van der Waals surface area (Å²) in [5.41, 5.74) is 1.10. The summed E-state index contributed by atoms with van der Waals surface area (Å²) in [5, 5.41) is 10.9. The van der Waals surface area contributed by atoms with Crippen molar-refractivity contribution in [1.29, 1.82) is 0 Å². The second-order valence-electron chi connectivity index (χ2n) is 3.92. The van der Waals surface area contributed by atoms with Crippen LogP contribution in [0, 0.1) is 0 Å². The second kappa shape index (κ2) is 5.91. The highest BCUT2D eigenvalue weighted by molar-refractivity contribution is 6.31. The predicted molar refractivity (Wildman–Crippen MR) is 72.9 cm³/mol. The molecule has 0 amide bonds. The van der Waals surface area contributed by atoms with E-state index in [4.69, 9.17) is 21.1 Å². The molecule has 2 rings (SSSR count). The maximum absolute atomic E-state index is 10.4. The molecule has 1 aromatic carbocycles. The topological polar surface area (TPSA) is 51.6 Å². The summed E-state index contributed by atoms with van der Waals surface area (Å²) in [6.45, 7) is 0. The Kier molecular flexibility index (Phi) is 4.24. The monoisotopic (exact) mass is 279 g/mol. The van der Waals surface area contributed by atoms with Crippen molar-refractivity contribution in [2.24, 2.45) is 0 Å². The molecule has 0 aliphatic carbocycles. The van der Waals surface area contributed by atoms with E-state index in [0.717, 1.165) is 0 Å². The summed E-state index contributed by atoms with van der Waals surface area (Å²) in [4.78, 5) is 4.02. The lowest BCUT2D eigenvalue weighted by molar-refractivity contribution is 0.214. The molecule has 0 bridgehead atoms. The van der Waals surface area contributed by atoms with Crippen LogP contribution >= 0.6 is 11.6 Å². The van der Waals surface area contributed by atoms with E-state index in [2.05, 4.69) is 4.98 Å². The van der Waals surface area contributed by atoms with Crippen LogP contribution in [0.1, 0.15) is 17.2 Å². The number of hydrogen-bond acceptors (Lipinski definition) is 4. The highest BCUT2D eigenvalue weighted by Crippen LogP contribution is 2.35. The van der Waals surface area contributed by atoms with Crippen molar-refractivity contribution < 1.29 is 14.6 Å². The molecule has 5 heteroatoms. The standard InChI is InChI=1S/C14H14ClNO3/c1-18-10-6-9(7-16-8-10)14(17)13-11(15)4-3-5-12(13)19-2/h3-8,14,17H,1-2H3. The van der Waals surface area contributed by atoms with Gasteiger partial charge in [-0.15, -0.1) is 0 Å². The molecular weight excluding hydrogens is 266 g/mol. The Balaban J connectivity index is 2.46. The van der Waals surface area contributed by atoms with Gasteiger partial charge in [-0.05, 0) is 18.2 Å². The Morgan fingerprint density at radius 2 is 2.00 bits per heavy atom. The van der Waals surface area contributed by atoms with E-state index in [1.165, 1.54) is 7.11 Å². The molecular formula is C14H14ClNO3. The van der Waals surface area contributed by atoms with Gasteiger partial charge in [0.05, 0.1) is 25.4 Å². The van der Waals surface area contributed by atoms with Gasteiger partial charge in [0, 0.05) is 17.3 Å². The number of benzene rings is 1. The number of methoxy groups -OCH3 is 2. The van der Waals surface area contributed by atoms with Gasteiger partial charge < -0.3 is 14.6 Å². The number of aliphatic hydroxyl groups excluding tert-OH is 1. The summed E-state index contributed by atoms with van der Waals surface area (Å²) in [5.74, 6) is 1.10. The van der Waals surface area contributed by atoms with Crippen LogP contribution in [-0.4, -0.2) is 24.3 Å². The van der Waals surface area contributed by atoms with Crippen LogP contribution in [0.5, 0.6) is 11.5 Å². The second-order valence-corrected chi connectivity index (χ2v) is 4.32. The lowest BCUT2D eigenvalue weighted by Gasteiger charge is -2.16. The third-order valence-corrected chi connectivity index (χ3v) is 3.12. The normalized spacial score (nSPS) is 12.0. The smallest absolute Gasteiger partial charge is 0.137 e. The fourth-order valence-electron chi connectivity index (χ4n) is 1.82. The third kappa shape index (κ3) is 2.80. The van der Waals surface area contributed by atoms with Crippen molar-refractivity contribution in [3.8, 4) is 11.5 Å². The highest BCUT2D eigenvalue weighted by Gasteiger charge is 2.19. The number of halogens is 1. The molecule has 100 valence electrons. The van der Waals surface area contributed by atoms with E-state index in [-0.39, 0.29) is 0 Å². The first-order valence-corrected chi connectivity index (χ1v) is 6.04. The van der Waals surface area contributed by atoms with Gasteiger partial charge in [0.2, 0.25) is 0 Å². The van der Waals surface area contributed by atoms with Crippen molar-refractivity contribution in [3.05, 3.63) is 52.8 Å². The summed E-state index contributed by atoms with van der Waals surface area (Å²) in [7, 11) is 3.08. The fraction of sp³-hybridized carbons (Fsp3) is 0.214. The Morgan fingerprint density at radius 1 is 1.21 bits per heavy atom. The number of aliphatic hydroxyl groups is 1. The van der Waals surface area contributed by atoms with Crippen LogP contribution in [0.3, 0.4) is 0 Å². The van der Waals surface area contributed by atoms with Gasteiger partial charge in [-0.3, -0.25) is 4.98 Å². The number of nitrogens with zero attached hydrogens (tertiary/aromatic N) is 1. The minimum Gasteiger partial charge on any atom is -0.496 e. The number of ether oxygens (including phenoxy) is 2. The van der Waals surface area contributed by atoms with Crippen molar-refractivity contribution in [1.82, 2.24) is 4.98 Å². The van der Waals surface area contributed by atoms with Gasteiger partial charge in [0.1, 0.15) is 17.6 Å². The van der Waals surface area contributed by atoms with Gasteiger partial charge in [0.15, 0.2) is 0 Å². The molecule has 0 aliphatic rings. The van der Waals surface area contributed by atoms with Crippen LogP contribution in [0.4, 0.5) is 0 Å². The Morgan fingerprint density at radius 3 is 2.68 bits per heavy atom. The Bertz CT molecular complexity index is 574. The van der Waals surface area contributed by atoms with Crippen LogP contribution in [-0.2, 0) is 0 Å². The number of rotatable bonds is 4. The first-order valence-electron chi connectivity index (χ1n) is 5.66. The predicted octanol–water partition coefficient (Wildman–Crippen LogP) is 2.83. The minimum atomic E-state index is -0.925. The van der Waals surface area contributed by atoms with Crippen LogP contribution < -0.4 is 9.47 Å². The molecule has 1 unspecified atom stereocenters. The lowest BCUT2D eigenvalue weighted by atomic mass is 10.0. The summed E-state index contributed by atoms with van der Waals surface area (Å²) < 4.78 is 10.3. The van der Waals surface area contributed by atoms with Gasteiger partial charge in [-0.25, -0.2) is 0 Å². The lowest BCUT2D eigenvalue weighted by Crippen LogP contribution is -2.04. The van der Waals surface area contributed by atoms with Crippen molar-refractivity contribution in [3.63, 3.8) is 0 Å². The molecule has 4 nitrogen and oxygen atoms in total. The molecule has 1 N–H and O–H groups in total. The van der Waals surface area contributed by atoms with E-state index in [1.54, 1.807) is 43.8 Å². The molecule has 19 heavy (non-hydrogen) atoms. The molecule has 0 radical (unpaired) electrons. The molecule has 1 aromatic heterocycles. The van der Waals surface area contributed by atoms with Crippen LogP contribution in [0.2, 0.25) is 5.02 Å². The zero-order valence-electron chi connectivity index (χ0n) is 10.6. The van der Waals surface area contributed by atoms with Gasteiger partial charge >= 0.3 is 0 Å². The zero-order valence-corrected chi connectivity index (χ0v) is 11.4. The van der Waals surface area contributed by atoms with Gasteiger partial charge in [-0.2, -0.15) is 0 Å². The van der Waals surface area contributed by atoms with Gasteiger partial charge in [-0.1, -0.05) is 17.7 Å². The molecule has 0 saturated heterocycles. The summed E-state index contributed by atoms with van der Waals surface area (Å²) >= 11 is 6.13. The van der Waals surface area contributed by atoms with E-state index >= 15 is 0 Å². The molecule has 0 aliphatic heterocycles. The molecule has 0 spiro atoms. The average Bonchev–Trinajstić information content (AvgIpc) is 2.46. The zero-order chi connectivity index (χ0) is 13.8.